The Labute approximate surface area is 213 Å². The van der Waals surface area contributed by atoms with Gasteiger partial charge in [0, 0.05) is 53.6 Å². The van der Waals surface area contributed by atoms with Crippen LogP contribution in [-0.4, -0.2) is 59.7 Å². The van der Waals surface area contributed by atoms with Gasteiger partial charge < -0.3 is 14.4 Å². The summed E-state index contributed by atoms with van der Waals surface area (Å²) in [6, 6.07) is 5.51. The van der Waals surface area contributed by atoms with Crippen molar-refractivity contribution in [3.05, 3.63) is 64.5 Å². The Morgan fingerprint density at radius 2 is 2.00 bits per heavy atom. The second-order valence-electron chi connectivity index (χ2n) is 7.54. The van der Waals surface area contributed by atoms with Crippen LogP contribution in [0.4, 0.5) is 4.39 Å². The first-order chi connectivity index (χ1) is 21.0. The van der Waals surface area contributed by atoms with Crippen molar-refractivity contribution in [2.75, 3.05) is 26.1 Å². The van der Waals surface area contributed by atoms with Gasteiger partial charge in [0.15, 0.2) is 0 Å². The molecular weight excluding hydrogens is 441 g/mol. The largest absolute Gasteiger partial charge is 0.488 e. The van der Waals surface area contributed by atoms with Crippen LogP contribution in [0.3, 0.4) is 0 Å². The summed E-state index contributed by atoms with van der Waals surface area (Å²) in [4.78, 5) is 39.0. The molecule has 8 nitrogen and oxygen atoms in total. The van der Waals surface area contributed by atoms with Gasteiger partial charge in [-0.2, -0.15) is 0 Å². The third kappa shape index (κ3) is 4.53. The zero-order valence-electron chi connectivity index (χ0n) is 29.5. The second-order valence-corrected chi connectivity index (χ2v) is 7.54. The van der Waals surface area contributed by atoms with E-state index < -0.39 is 88.1 Å². The normalized spacial score (nSPS) is 35.0. The van der Waals surface area contributed by atoms with Crippen LogP contribution >= 0.6 is 0 Å². The summed E-state index contributed by atoms with van der Waals surface area (Å²) in [5, 5.41) is 1.76. The molecular formula is C25H26FN3O5. The third-order valence-corrected chi connectivity index (χ3v) is 5.37. The SMILES string of the molecule is [2H]C1([2H])OC([2H])([2H])C([2H])([2H])N(Cc2ccc(F)c(COc3cccc4c3CN(C3C(=O)NC(=O)C([2H])([2H])C3([2H])[2H])C4=O)c2)C1([2H])[2H]. The maximum absolute atomic E-state index is 14.9. The molecule has 3 aliphatic rings. The van der Waals surface area contributed by atoms with Crippen molar-refractivity contribution in [2.45, 2.75) is 38.5 Å². The van der Waals surface area contributed by atoms with Gasteiger partial charge in [-0.3, -0.25) is 24.6 Å². The molecule has 9 heteroatoms. The van der Waals surface area contributed by atoms with Gasteiger partial charge in [0.05, 0.1) is 25.1 Å². The van der Waals surface area contributed by atoms with E-state index in [9.17, 15) is 18.8 Å². The molecule has 3 amide bonds. The number of carbonyl (C=O) groups is 3. The number of morpholine rings is 1. The fourth-order valence-electron chi connectivity index (χ4n) is 3.76. The van der Waals surface area contributed by atoms with E-state index in [0.717, 1.165) is 11.0 Å². The number of nitrogens with zero attached hydrogens (tertiary/aromatic N) is 2. The first-order valence-electron chi connectivity index (χ1n) is 16.1. The van der Waals surface area contributed by atoms with Gasteiger partial charge in [-0.15, -0.1) is 0 Å². The number of ether oxygens (including phenoxy) is 2. The maximum atomic E-state index is 14.9. The van der Waals surface area contributed by atoms with Crippen molar-refractivity contribution in [3.63, 3.8) is 0 Å². The minimum Gasteiger partial charge on any atom is -0.488 e. The van der Waals surface area contributed by atoms with Crippen LogP contribution < -0.4 is 10.1 Å². The van der Waals surface area contributed by atoms with Crippen molar-refractivity contribution in [1.29, 1.82) is 0 Å². The van der Waals surface area contributed by atoms with E-state index in [-0.39, 0.29) is 28.0 Å². The molecule has 2 aromatic rings. The van der Waals surface area contributed by atoms with Crippen molar-refractivity contribution in [1.82, 2.24) is 15.1 Å². The minimum atomic E-state index is -3.26. The van der Waals surface area contributed by atoms with Crippen molar-refractivity contribution in [2.24, 2.45) is 0 Å². The van der Waals surface area contributed by atoms with Gasteiger partial charge in [-0.1, -0.05) is 12.1 Å². The molecule has 34 heavy (non-hydrogen) atoms. The molecule has 1 N–H and O–H groups in total. The van der Waals surface area contributed by atoms with Crippen LogP contribution in [-0.2, 0) is 34.0 Å². The Morgan fingerprint density at radius 1 is 1.18 bits per heavy atom. The zero-order valence-corrected chi connectivity index (χ0v) is 17.5. The molecule has 0 saturated carbocycles. The number of nitrogens with one attached hydrogen (secondary N) is 1. The van der Waals surface area contributed by atoms with Crippen LogP contribution in [0.25, 0.3) is 0 Å². The summed E-state index contributed by atoms with van der Waals surface area (Å²) in [6.45, 7) is -14.5. The summed E-state index contributed by atoms with van der Waals surface area (Å²) in [6.07, 6.45) is -6.24. The van der Waals surface area contributed by atoms with Gasteiger partial charge in [-0.25, -0.2) is 4.39 Å². The molecule has 1 atom stereocenters. The van der Waals surface area contributed by atoms with Crippen LogP contribution in [0, 0.1) is 5.82 Å². The monoisotopic (exact) mass is 479 g/mol. The van der Waals surface area contributed by atoms with Crippen LogP contribution in [0.15, 0.2) is 36.4 Å². The summed E-state index contributed by atoms with van der Waals surface area (Å²) in [5.74, 6) is -4.29. The minimum absolute atomic E-state index is 0.00638. The van der Waals surface area contributed by atoms with Crippen LogP contribution in [0.1, 0.15) is 56.2 Å². The lowest BCUT2D eigenvalue weighted by atomic mass is 10.0. The quantitative estimate of drug-likeness (QED) is 0.638. The highest BCUT2D eigenvalue weighted by Gasteiger charge is 2.40. The smallest absolute Gasteiger partial charge is 0.255 e. The number of rotatable bonds is 6. The van der Waals surface area contributed by atoms with E-state index in [0.29, 0.717) is 4.90 Å². The summed E-state index contributed by atoms with van der Waals surface area (Å²) < 4.78 is 121. The standard InChI is InChI=1S/C25H26FN3O5/c26-20-5-4-16(13-28-8-10-33-11-9-28)12-17(20)15-34-22-3-1-2-18-19(22)14-29(25(18)32)21-6-7-23(30)27-24(21)31/h1-5,12,21H,6-11,13-15H2,(H,27,30,31)/i6D2,7D2,8D2,9D2,10D2,11D2. The highest BCUT2D eigenvalue weighted by Crippen LogP contribution is 2.34. The van der Waals surface area contributed by atoms with Crippen molar-refractivity contribution < 1.29 is 44.7 Å². The second kappa shape index (κ2) is 9.52. The zero-order chi connectivity index (χ0) is 34.4. The fraction of sp³-hybridized carbons (Fsp3) is 0.400. The Morgan fingerprint density at radius 3 is 2.82 bits per heavy atom. The van der Waals surface area contributed by atoms with E-state index in [1.807, 2.05) is 0 Å². The lowest BCUT2D eigenvalue weighted by molar-refractivity contribution is -0.136. The fourth-order valence-corrected chi connectivity index (χ4v) is 3.76. The molecule has 0 aliphatic carbocycles. The van der Waals surface area contributed by atoms with E-state index >= 15 is 0 Å². The Balaban J connectivity index is 1.39. The number of hydrogen-bond acceptors (Lipinski definition) is 6. The van der Waals surface area contributed by atoms with Gasteiger partial charge in [0.1, 0.15) is 24.2 Å². The first kappa shape index (κ1) is 12.4. The summed E-state index contributed by atoms with van der Waals surface area (Å²) in [7, 11) is 0. The number of halogens is 1. The predicted molar refractivity (Wildman–Crippen MR) is 119 cm³/mol. The van der Waals surface area contributed by atoms with Crippen LogP contribution in [0.2, 0.25) is 0 Å². The number of imide groups is 1. The average molecular weight is 480 g/mol. The molecule has 2 saturated heterocycles. The summed E-state index contributed by atoms with van der Waals surface area (Å²) in [5.41, 5.74) is 0.0963. The van der Waals surface area contributed by atoms with E-state index in [1.54, 1.807) is 5.32 Å². The Kier molecular flexibility index (Phi) is 3.48. The molecule has 5 rings (SSSR count). The highest BCUT2D eigenvalue weighted by atomic mass is 19.1. The third-order valence-electron chi connectivity index (χ3n) is 5.37. The number of piperidine rings is 1. The number of benzene rings is 2. The molecule has 0 radical (unpaired) electrons. The number of fused-ring (bicyclic) bond motifs is 1. The molecule has 0 aromatic heterocycles. The van der Waals surface area contributed by atoms with Crippen molar-refractivity contribution in [3.8, 4) is 5.75 Å². The van der Waals surface area contributed by atoms with Crippen LogP contribution in [0.5, 0.6) is 5.75 Å². The maximum Gasteiger partial charge on any atom is 0.255 e. The van der Waals surface area contributed by atoms with Gasteiger partial charge >= 0.3 is 0 Å². The Bertz CT molecular complexity index is 1610. The molecule has 0 bridgehead atoms. The van der Waals surface area contributed by atoms with E-state index in [4.69, 9.17) is 21.2 Å². The van der Waals surface area contributed by atoms with Gasteiger partial charge in [-0.05, 0) is 36.2 Å². The van der Waals surface area contributed by atoms with E-state index in [1.165, 1.54) is 30.3 Å². The predicted octanol–water partition coefficient (Wildman–Crippen LogP) is 2.00. The Hall–Kier alpha value is -3.30. The number of carbonyl (C=O) groups excluding carboxylic acids is 3. The number of amides is 3. The molecule has 178 valence electrons. The lowest BCUT2D eigenvalue weighted by Crippen LogP contribution is -2.52. The highest BCUT2D eigenvalue weighted by molar-refractivity contribution is 6.05. The van der Waals surface area contributed by atoms with Gasteiger partial charge in [0.25, 0.3) is 5.91 Å². The molecule has 0 spiro atoms. The van der Waals surface area contributed by atoms with Crippen molar-refractivity contribution >= 4 is 17.7 Å². The molecule has 2 fully saturated rings. The molecule has 3 heterocycles. The molecule has 2 aromatic carbocycles. The topological polar surface area (TPSA) is 88.2 Å². The molecule has 1 unspecified atom stereocenters. The first-order valence-corrected chi connectivity index (χ1v) is 10.1. The lowest BCUT2D eigenvalue weighted by Gasteiger charge is -2.29. The number of hydrogen-bond donors (Lipinski definition) is 1. The van der Waals surface area contributed by atoms with E-state index in [2.05, 4.69) is 4.74 Å². The van der Waals surface area contributed by atoms with Gasteiger partial charge in [0.2, 0.25) is 11.8 Å². The molecule has 3 aliphatic heterocycles. The average Bonchev–Trinajstić information content (AvgIpc) is 3.25. The summed E-state index contributed by atoms with van der Waals surface area (Å²) >= 11 is 0.